The molecule has 0 bridgehead atoms. The normalized spacial score (nSPS) is 21.8. The number of rotatable bonds is 0. The van der Waals surface area contributed by atoms with E-state index in [1.165, 1.54) is 16.8 Å². The summed E-state index contributed by atoms with van der Waals surface area (Å²) in [5.41, 5.74) is 3.83. The van der Waals surface area contributed by atoms with Gasteiger partial charge in [-0.25, -0.2) is 0 Å². The van der Waals surface area contributed by atoms with Gasteiger partial charge < -0.3 is 5.32 Å². The maximum atomic E-state index is 4.35. The van der Waals surface area contributed by atoms with Gasteiger partial charge in [-0.2, -0.15) is 0 Å². The molecule has 0 aliphatic carbocycles. The van der Waals surface area contributed by atoms with E-state index in [4.69, 9.17) is 0 Å². The molecule has 2 heteroatoms. The van der Waals surface area contributed by atoms with Gasteiger partial charge in [0.05, 0.1) is 5.69 Å². The molecule has 0 spiro atoms. The van der Waals surface area contributed by atoms with Crippen LogP contribution in [0.5, 0.6) is 0 Å². The smallest absolute Gasteiger partial charge is 0.0589 e. The van der Waals surface area contributed by atoms with Crippen molar-refractivity contribution < 1.29 is 0 Å². The molecule has 2 heterocycles. The van der Waals surface area contributed by atoms with E-state index in [-0.39, 0.29) is 0 Å². The van der Waals surface area contributed by atoms with Gasteiger partial charge in [0, 0.05) is 18.8 Å². The maximum absolute atomic E-state index is 4.35. The van der Waals surface area contributed by atoms with Crippen LogP contribution in [0.3, 0.4) is 0 Å². The first-order valence-electron chi connectivity index (χ1n) is 3.96. The highest BCUT2D eigenvalue weighted by Crippen LogP contribution is 2.23. The van der Waals surface area contributed by atoms with Crippen LogP contribution in [-0.4, -0.2) is 4.98 Å². The Hall–Kier alpha value is -0.890. The lowest BCUT2D eigenvalue weighted by Crippen LogP contribution is -2.07. The van der Waals surface area contributed by atoms with E-state index in [1.54, 1.807) is 0 Å². The lowest BCUT2D eigenvalue weighted by Gasteiger charge is -2.03. The van der Waals surface area contributed by atoms with Crippen LogP contribution in [0.25, 0.3) is 0 Å². The number of aromatic nitrogens is 1. The summed E-state index contributed by atoms with van der Waals surface area (Å²) >= 11 is 0. The highest BCUT2D eigenvalue weighted by Gasteiger charge is 2.17. The molecule has 2 rings (SSSR count). The minimum atomic E-state index is 0.484. The van der Waals surface area contributed by atoms with Crippen LogP contribution in [0.4, 0.5) is 0 Å². The first-order valence-corrected chi connectivity index (χ1v) is 3.96. The van der Waals surface area contributed by atoms with E-state index in [0.29, 0.717) is 6.04 Å². The summed E-state index contributed by atoms with van der Waals surface area (Å²) in [5.74, 6) is 0. The fourth-order valence-corrected chi connectivity index (χ4v) is 1.50. The zero-order valence-corrected chi connectivity index (χ0v) is 6.89. The van der Waals surface area contributed by atoms with Crippen molar-refractivity contribution in [1.82, 2.24) is 10.3 Å². The largest absolute Gasteiger partial charge is 0.304 e. The molecule has 1 aromatic heterocycles. The fourth-order valence-electron chi connectivity index (χ4n) is 1.50. The van der Waals surface area contributed by atoms with E-state index in [9.17, 15) is 0 Å². The van der Waals surface area contributed by atoms with E-state index < -0.39 is 0 Å². The van der Waals surface area contributed by atoms with Crippen LogP contribution in [0.15, 0.2) is 12.3 Å². The lowest BCUT2D eigenvalue weighted by molar-refractivity contribution is 0.632. The summed E-state index contributed by atoms with van der Waals surface area (Å²) in [4.78, 5) is 4.35. The van der Waals surface area contributed by atoms with Crippen molar-refractivity contribution in [2.45, 2.75) is 26.4 Å². The Morgan fingerprint density at radius 2 is 2.45 bits per heavy atom. The van der Waals surface area contributed by atoms with E-state index >= 15 is 0 Å². The minimum absolute atomic E-state index is 0.484. The van der Waals surface area contributed by atoms with Crippen molar-refractivity contribution in [2.75, 3.05) is 0 Å². The average Bonchev–Trinajstić information content (AvgIpc) is 2.33. The Morgan fingerprint density at radius 3 is 3.27 bits per heavy atom. The highest BCUT2D eigenvalue weighted by atomic mass is 15.0. The molecule has 1 atom stereocenters. The summed E-state index contributed by atoms with van der Waals surface area (Å²) in [6.45, 7) is 5.18. The standard InChI is InChI=1S/C9H12N2/c1-6-3-8-7(2)10-5-9(8)11-4-6/h3-4,7,10H,5H2,1-2H3. The summed E-state index contributed by atoms with van der Waals surface area (Å²) in [5, 5.41) is 3.35. The Balaban J connectivity index is 2.52. The molecule has 0 saturated carbocycles. The minimum Gasteiger partial charge on any atom is -0.304 e. The molecule has 11 heavy (non-hydrogen) atoms. The maximum Gasteiger partial charge on any atom is 0.0589 e. The number of nitrogens with zero attached hydrogens (tertiary/aromatic N) is 1. The van der Waals surface area contributed by atoms with E-state index in [1.807, 2.05) is 6.20 Å². The van der Waals surface area contributed by atoms with Gasteiger partial charge in [0.1, 0.15) is 0 Å². The Morgan fingerprint density at radius 1 is 1.64 bits per heavy atom. The van der Waals surface area contributed by atoms with Crippen LogP contribution < -0.4 is 5.32 Å². The topological polar surface area (TPSA) is 24.9 Å². The molecule has 1 aliphatic rings. The fraction of sp³-hybridized carbons (Fsp3) is 0.444. The molecule has 58 valence electrons. The molecule has 1 aliphatic heterocycles. The number of fused-ring (bicyclic) bond motifs is 1. The van der Waals surface area contributed by atoms with Crippen molar-refractivity contribution in [1.29, 1.82) is 0 Å². The summed E-state index contributed by atoms with van der Waals surface area (Å²) in [6, 6.07) is 2.70. The summed E-state index contributed by atoms with van der Waals surface area (Å²) < 4.78 is 0. The Kier molecular flexibility index (Phi) is 1.43. The molecule has 0 radical (unpaired) electrons. The van der Waals surface area contributed by atoms with Crippen molar-refractivity contribution in [3.8, 4) is 0 Å². The molecule has 1 aromatic rings. The van der Waals surface area contributed by atoms with E-state index in [2.05, 4.69) is 30.2 Å². The second-order valence-corrected chi connectivity index (χ2v) is 3.15. The third-order valence-corrected chi connectivity index (χ3v) is 2.18. The van der Waals surface area contributed by atoms with Crippen molar-refractivity contribution >= 4 is 0 Å². The van der Waals surface area contributed by atoms with Crippen molar-refractivity contribution in [3.05, 3.63) is 29.1 Å². The zero-order valence-electron chi connectivity index (χ0n) is 6.89. The third-order valence-electron chi connectivity index (χ3n) is 2.18. The van der Waals surface area contributed by atoms with Crippen molar-refractivity contribution in [2.24, 2.45) is 0 Å². The molecular weight excluding hydrogens is 136 g/mol. The second-order valence-electron chi connectivity index (χ2n) is 3.15. The number of pyridine rings is 1. The first kappa shape index (κ1) is 6.80. The second kappa shape index (κ2) is 2.31. The van der Waals surface area contributed by atoms with Crippen LogP contribution in [0, 0.1) is 6.92 Å². The number of hydrogen-bond donors (Lipinski definition) is 1. The van der Waals surface area contributed by atoms with Crippen LogP contribution in [0.1, 0.15) is 29.8 Å². The highest BCUT2D eigenvalue weighted by molar-refractivity contribution is 5.30. The summed E-state index contributed by atoms with van der Waals surface area (Å²) in [6.07, 6.45) is 1.93. The van der Waals surface area contributed by atoms with Crippen LogP contribution in [0.2, 0.25) is 0 Å². The number of aryl methyl sites for hydroxylation is 1. The molecule has 1 unspecified atom stereocenters. The van der Waals surface area contributed by atoms with Crippen LogP contribution in [-0.2, 0) is 6.54 Å². The zero-order chi connectivity index (χ0) is 7.84. The Bertz CT molecular complexity index is 281. The lowest BCUT2D eigenvalue weighted by atomic mass is 10.1. The van der Waals surface area contributed by atoms with Crippen LogP contribution >= 0.6 is 0 Å². The number of hydrogen-bond acceptors (Lipinski definition) is 2. The molecule has 0 aromatic carbocycles. The van der Waals surface area contributed by atoms with Gasteiger partial charge in [-0.05, 0) is 25.0 Å². The van der Waals surface area contributed by atoms with E-state index in [0.717, 1.165) is 6.54 Å². The third kappa shape index (κ3) is 1.03. The predicted octanol–water partition coefficient (Wildman–Crippen LogP) is 1.55. The predicted molar refractivity (Wildman–Crippen MR) is 44.2 cm³/mol. The van der Waals surface area contributed by atoms with Gasteiger partial charge in [-0.1, -0.05) is 6.07 Å². The van der Waals surface area contributed by atoms with Gasteiger partial charge in [0.25, 0.3) is 0 Å². The molecule has 0 fully saturated rings. The van der Waals surface area contributed by atoms with Gasteiger partial charge >= 0.3 is 0 Å². The SMILES string of the molecule is Cc1cnc2c(c1)C(C)NC2. The van der Waals surface area contributed by atoms with Gasteiger partial charge in [0.2, 0.25) is 0 Å². The molecular formula is C9H12N2. The summed E-state index contributed by atoms with van der Waals surface area (Å²) in [7, 11) is 0. The quantitative estimate of drug-likeness (QED) is 0.604. The first-order chi connectivity index (χ1) is 5.27. The Labute approximate surface area is 66.7 Å². The average molecular weight is 148 g/mol. The molecule has 1 N–H and O–H groups in total. The van der Waals surface area contributed by atoms with Gasteiger partial charge in [-0.3, -0.25) is 4.98 Å². The monoisotopic (exact) mass is 148 g/mol. The van der Waals surface area contributed by atoms with Crippen molar-refractivity contribution in [3.63, 3.8) is 0 Å². The molecule has 2 nitrogen and oxygen atoms in total. The van der Waals surface area contributed by atoms with Gasteiger partial charge in [0.15, 0.2) is 0 Å². The number of nitrogens with one attached hydrogen (secondary N) is 1. The van der Waals surface area contributed by atoms with Gasteiger partial charge in [-0.15, -0.1) is 0 Å². The molecule has 0 saturated heterocycles. The molecule has 0 amide bonds.